The molecule has 182 valence electrons. The Morgan fingerprint density at radius 1 is 1.09 bits per heavy atom. The molecule has 2 aromatic carbocycles. The van der Waals surface area contributed by atoms with E-state index < -0.39 is 0 Å². The lowest BCUT2D eigenvalue weighted by Gasteiger charge is -2.31. The summed E-state index contributed by atoms with van der Waals surface area (Å²) < 4.78 is 13.0. The summed E-state index contributed by atoms with van der Waals surface area (Å²) in [6.07, 6.45) is 1.10. The second kappa shape index (κ2) is 10.3. The van der Waals surface area contributed by atoms with Crippen molar-refractivity contribution in [3.05, 3.63) is 77.1 Å². The summed E-state index contributed by atoms with van der Waals surface area (Å²) in [7, 11) is 1.63. The van der Waals surface area contributed by atoms with Gasteiger partial charge in [0.15, 0.2) is 5.69 Å². The van der Waals surface area contributed by atoms with Crippen LogP contribution in [-0.2, 0) is 29.2 Å². The van der Waals surface area contributed by atoms with Crippen molar-refractivity contribution in [2.75, 3.05) is 20.2 Å². The molecule has 3 aromatic rings. The standard InChI is InChI=1S/C26H29N5O4/c1-34-21-9-7-19(8-10-21)23-16-31-22(17-35-23)24(28-29-31)26(33)30-13-11-20(12-14-30)25(32)27-15-18-5-3-2-4-6-18/h2-10,20,23H,11-17H2,1H3,(H,27,32)/t23-/m0/s1. The molecule has 2 amide bonds. The fourth-order valence-electron chi connectivity index (χ4n) is 4.62. The molecule has 2 aliphatic rings. The Bertz CT molecular complexity index is 1170. The zero-order chi connectivity index (χ0) is 24.2. The minimum absolute atomic E-state index is 0.0416. The van der Waals surface area contributed by atoms with E-state index >= 15 is 0 Å². The summed E-state index contributed by atoms with van der Waals surface area (Å²) in [5.74, 6) is 0.586. The van der Waals surface area contributed by atoms with E-state index in [2.05, 4.69) is 15.6 Å². The maximum absolute atomic E-state index is 13.2. The molecule has 0 radical (unpaired) electrons. The molecule has 35 heavy (non-hydrogen) atoms. The Morgan fingerprint density at radius 2 is 1.83 bits per heavy atom. The van der Waals surface area contributed by atoms with Crippen LogP contribution in [0.5, 0.6) is 5.75 Å². The van der Waals surface area contributed by atoms with Crippen molar-refractivity contribution in [2.24, 2.45) is 5.92 Å². The molecule has 9 heteroatoms. The molecule has 5 rings (SSSR count). The lowest BCUT2D eigenvalue weighted by Crippen LogP contribution is -2.43. The SMILES string of the molecule is COc1ccc([C@@H]2Cn3nnc(C(=O)N4CCC(C(=O)NCc5ccccc5)CC4)c3CO2)cc1. The molecule has 1 saturated heterocycles. The average molecular weight is 476 g/mol. The van der Waals surface area contributed by atoms with Crippen LogP contribution in [0.2, 0.25) is 0 Å². The van der Waals surface area contributed by atoms with Crippen molar-refractivity contribution in [3.63, 3.8) is 0 Å². The first kappa shape index (κ1) is 23.0. The van der Waals surface area contributed by atoms with Crippen molar-refractivity contribution in [1.82, 2.24) is 25.2 Å². The number of carbonyl (C=O) groups excluding carboxylic acids is 2. The molecular weight excluding hydrogens is 446 g/mol. The Labute approximate surface area is 204 Å². The number of ether oxygens (including phenoxy) is 2. The number of nitrogens with zero attached hydrogens (tertiary/aromatic N) is 4. The molecule has 9 nitrogen and oxygen atoms in total. The van der Waals surface area contributed by atoms with Gasteiger partial charge in [-0.25, -0.2) is 4.68 Å². The van der Waals surface area contributed by atoms with Gasteiger partial charge < -0.3 is 19.7 Å². The van der Waals surface area contributed by atoms with E-state index in [-0.39, 0.29) is 30.4 Å². The van der Waals surface area contributed by atoms with Crippen molar-refractivity contribution >= 4 is 11.8 Å². The smallest absolute Gasteiger partial charge is 0.276 e. The molecule has 1 atom stereocenters. The van der Waals surface area contributed by atoms with E-state index in [1.54, 1.807) is 16.7 Å². The maximum Gasteiger partial charge on any atom is 0.276 e. The summed E-state index contributed by atoms with van der Waals surface area (Å²) >= 11 is 0. The maximum atomic E-state index is 13.2. The highest BCUT2D eigenvalue weighted by atomic mass is 16.5. The van der Waals surface area contributed by atoms with Crippen LogP contribution < -0.4 is 10.1 Å². The van der Waals surface area contributed by atoms with Crippen LogP contribution in [0.4, 0.5) is 0 Å². The van der Waals surface area contributed by atoms with E-state index in [0.717, 1.165) is 16.9 Å². The topological polar surface area (TPSA) is 98.6 Å². The minimum Gasteiger partial charge on any atom is -0.497 e. The number of aromatic nitrogens is 3. The van der Waals surface area contributed by atoms with E-state index in [4.69, 9.17) is 9.47 Å². The predicted molar refractivity (Wildman–Crippen MR) is 127 cm³/mol. The first-order valence-electron chi connectivity index (χ1n) is 11.9. The molecule has 0 spiro atoms. The number of carbonyl (C=O) groups is 2. The zero-order valence-corrected chi connectivity index (χ0v) is 19.7. The largest absolute Gasteiger partial charge is 0.497 e. The van der Waals surface area contributed by atoms with Crippen LogP contribution in [0.25, 0.3) is 0 Å². The van der Waals surface area contributed by atoms with Gasteiger partial charge in [-0.2, -0.15) is 0 Å². The summed E-state index contributed by atoms with van der Waals surface area (Å²) in [4.78, 5) is 27.5. The number of nitrogens with one attached hydrogen (secondary N) is 1. The van der Waals surface area contributed by atoms with Gasteiger partial charge >= 0.3 is 0 Å². The summed E-state index contributed by atoms with van der Waals surface area (Å²) in [5, 5.41) is 11.4. The van der Waals surface area contributed by atoms with Gasteiger partial charge in [-0.05, 0) is 36.1 Å². The van der Waals surface area contributed by atoms with Gasteiger partial charge in [-0.3, -0.25) is 9.59 Å². The highest BCUT2D eigenvalue weighted by Gasteiger charge is 2.33. The van der Waals surface area contributed by atoms with E-state index in [9.17, 15) is 9.59 Å². The average Bonchev–Trinajstić information content (AvgIpc) is 3.35. The molecule has 1 aromatic heterocycles. The second-order valence-corrected chi connectivity index (χ2v) is 8.91. The number of amides is 2. The first-order valence-corrected chi connectivity index (χ1v) is 11.9. The number of methoxy groups -OCH3 is 1. The van der Waals surface area contributed by atoms with Gasteiger partial charge in [0, 0.05) is 25.6 Å². The van der Waals surface area contributed by atoms with Crippen LogP contribution in [-0.4, -0.2) is 51.9 Å². The molecule has 1 N–H and O–H groups in total. The van der Waals surface area contributed by atoms with Crippen molar-refractivity contribution in [3.8, 4) is 5.75 Å². The number of likely N-dealkylation sites (tertiary alicyclic amines) is 1. The predicted octanol–water partition coefficient (Wildman–Crippen LogP) is 2.73. The van der Waals surface area contributed by atoms with Crippen molar-refractivity contribution in [1.29, 1.82) is 0 Å². The number of benzene rings is 2. The second-order valence-electron chi connectivity index (χ2n) is 8.91. The summed E-state index contributed by atoms with van der Waals surface area (Å²) in [6.45, 7) is 2.31. The van der Waals surface area contributed by atoms with Gasteiger partial charge in [0.25, 0.3) is 5.91 Å². The number of hydrogen-bond acceptors (Lipinski definition) is 6. The molecule has 0 unspecified atom stereocenters. The minimum atomic E-state index is -0.164. The highest BCUT2D eigenvalue weighted by Crippen LogP contribution is 2.29. The molecule has 0 bridgehead atoms. The van der Waals surface area contributed by atoms with Gasteiger partial charge in [0.05, 0.1) is 26.0 Å². The normalized spacial score (nSPS) is 18.1. The third-order valence-electron chi connectivity index (χ3n) is 6.75. The number of rotatable bonds is 6. The summed E-state index contributed by atoms with van der Waals surface area (Å²) in [5.41, 5.74) is 3.13. The van der Waals surface area contributed by atoms with E-state index in [0.29, 0.717) is 50.4 Å². The van der Waals surface area contributed by atoms with Gasteiger partial charge in [-0.15, -0.1) is 5.10 Å². The number of fused-ring (bicyclic) bond motifs is 1. The van der Waals surface area contributed by atoms with Crippen LogP contribution >= 0.6 is 0 Å². The Morgan fingerprint density at radius 3 is 2.54 bits per heavy atom. The quantitative estimate of drug-likeness (QED) is 0.589. The number of hydrogen-bond donors (Lipinski definition) is 1. The Hall–Kier alpha value is -3.72. The fraction of sp³-hybridized carbons (Fsp3) is 0.385. The molecule has 1 fully saturated rings. The van der Waals surface area contributed by atoms with Gasteiger partial charge in [-0.1, -0.05) is 47.7 Å². The lowest BCUT2D eigenvalue weighted by atomic mass is 9.95. The highest BCUT2D eigenvalue weighted by molar-refractivity contribution is 5.93. The van der Waals surface area contributed by atoms with Crippen molar-refractivity contribution < 1.29 is 19.1 Å². The molecule has 3 heterocycles. The molecule has 2 aliphatic heterocycles. The lowest BCUT2D eigenvalue weighted by molar-refractivity contribution is -0.126. The van der Waals surface area contributed by atoms with E-state index in [1.807, 2.05) is 54.6 Å². The van der Waals surface area contributed by atoms with E-state index in [1.165, 1.54) is 0 Å². The molecule has 0 saturated carbocycles. The molecule has 0 aliphatic carbocycles. The Balaban J connectivity index is 1.16. The third-order valence-corrected chi connectivity index (χ3v) is 6.75. The third kappa shape index (κ3) is 5.05. The van der Waals surface area contributed by atoms with Crippen LogP contribution in [0.3, 0.4) is 0 Å². The fourth-order valence-corrected chi connectivity index (χ4v) is 4.62. The first-order chi connectivity index (χ1) is 17.1. The van der Waals surface area contributed by atoms with Gasteiger partial charge in [0.1, 0.15) is 11.9 Å². The van der Waals surface area contributed by atoms with Crippen molar-refractivity contribution in [2.45, 2.75) is 38.6 Å². The summed E-state index contributed by atoms with van der Waals surface area (Å²) in [6, 6.07) is 17.6. The Kier molecular flexibility index (Phi) is 6.76. The van der Waals surface area contributed by atoms with Crippen LogP contribution in [0.1, 0.15) is 46.3 Å². The van der Waals surface area contributed by atoms with Crippen LogP contribution in [0.15, 0.2) is 54.6 Å². The number of piperidine rings is 1. The van der Waals surface area contributed by atoms with Gasteiger partial charge in [0.2, 0.25) is 5.91 Å². The van der Waals surface area contributed by atoms with Crippen LogP contribution in [0, 0.1) is 5.92 Å². The zero-order valence-electron chi connectivity index (χ0n) is 19.7. The molecular formula is C26H29N5O4. The monoisotopic (exact) mass is 475 g/mol.